The van der Waals surface area contributed by atoms with Crippen molar-refractivity contribution in [3.05, 3.63) is 40.4 Å². The molecule has 0 heterocycles. The zero-order valence-corrected chi connectivity index (χ0v) is 14.0. The summed E-state index contributed by atoms with van der Waals surface area (Å²) < 4.78 is 1.05. The molecule has 1 amide bonds. The lowest BCUT2D eigenvalue weighted by molar-refractivity contribution is -0.117. The minimum Gasteiger partial charge on any atom is -0.350 e. The monoisotopic (exact) mass is 347 g/mol. The van der Waals surface area contributed by atoms with Crippen molar-refractivity contribution in [2.45, 2.75) is 38.6 Å². The third kappa shape index (κ3) is 3.57. The molecule has 2 aliphatic carbocycles. The normalized spacial score (nSPS) is 29.0. The van der Waals surface area contributed by atoms with E-state index in [2.05, 4.69) is 28.2 Å². The Morgan fingerprint density at radius 1 is 1.29 bits per heavy atom. The maximum Gasteiger partial charge on any atom is 0.244 e. The molecule has 1 aromatic carbocycles. The Morgan fingerprint density at radius 3 is 2.67 bits per heavy atom. The summed E-state index contributed by atoms with van der Waals surface area (Å²) in [6.45, 7) is 2.16. The lowest BCUT2D eigenvalue weighted by Crippen LogP contribution is -2.39. The average molecular weight is 348 g/mol. The molecule has 0 aromatic heterocycles. The Labute approximate surface area is 135 Å². The molecule has 2 bridgehead atoms. The third-order valence-corrected chi connectivity index (χ3v) is 5.63. The van der Waals surface area contributed by atoms with Crippen LogP contribution in [0.4, 0.5) is 0 Å². The molecule has 21 heavy (non-hydrogen) atoms. The SMILES string of the molecule is C[C@H](NC(=O)/C=C/c1ccc(Br)cc1)[C@@H]1C[C@H]2CC[C@H]1C2. The van der Waals surface area contributed by atoms with Gasteiger partial charge in [-0.05, 0) is 67.7 Å². The first-order chi connectivity index (χ1) is 10.1. The summed E-state index contributed by atoms with van der Waals surface area (Å²) in [5, 5.41) is 3.15. The van der Waals surface area contributed by atoms with Gasteiger partial charge in [-0.1, -0.05) is 34.5 Å². The van der Waals surface area contributed by atoms with E-state index in [0.717, 1.165) is 21.9 Å². The maximum atomic E-state index is 12.0. The second kappa shape index (κ2) is 6.35. The fraction of sp³-hybridized carbons (Fsp3) is 0.500. The Morgan fingerprint density at radius 2 is 2.05 bits per heavy atom. The molecule has 0 spiro atoms. The van der Waals surface area contributed by atoms with Crippen LogP contribution in [0.5, 0.6) is 0 Å². The Bertz CT molecular complexity index is 537. The van der Waals surface area contributed by atoms with Crippen molar-refractivity contribution in [3.8, 4) is 0 Å². The van der Waals surface area contributed by atoms with Crippen molar-refractivity contribution in [3.63, 3.8) is 0 Å². The fourth-order valence-corrected chi connectivity index (χ4v) is 4.30. The van der Waals surface area contributed by atoms with E-state index in [4.69, 9.17) is 0 Å². The molecule has 112 valence electrons. The molecule has 2 saturated carbocycles. The summed E-state index contributed by atoms with van der Waals surface area (Å²) in [5.41, 5.74) is 1.04. The van der Waals surface area contributed by atoms with E-state index < -0.39 is 0 Å². The van der Waals surface area contributed by atoms with E-state index in [1.54, 1.807) is 6.08 Å². The van der Waals surface area contributed by atoms with E-state index in [-0.39, 0.29) is 5.91 Å². The predicted octanol–water partition coefficient (Wildman–Crippen LogP) is 4.40. The number of amides is 1. The molecule has 0 saturated heterocycles. The molecule has 1 aromatic rings. The van der Waals surface area contributed by atoms with Crippen LogP contribution in [0.15, 0.2) is 34.8 Å². The average Bonchev–Trinajstić information content (AvgIpc) is 3.09. The van der Waals surface area contributed by atoms with Crippen LogP contribution in [-0.2, 0) is 4.79 Å². The highest BCUT2D eigenvalue weighted by atomic mass is 79.9. The topological polar surface area (TPSA) is 29.1 Å². The molecular weight excluding hydrogens is 326 g/mol. The van der Waals surface area contributed by atoms with Gasteiger partial charge in [-0.15, -0.1) is 0 Å². The lowest BCUT2D eigenvalue weighted by Gasteiger charge is -2.28. The van der Waals surface area contributed by atoms with Gasteiger partial charge in [-0.25, -0.2) is 0 Å². The van der Waals surface area contributed by atoms with Gasteiger partial charge in [0.05, 0.1) is 0 Å². The first-order valence-electron chi connectivity index (χ1n) is 7.86. The molecule has 4 atom stereocenters. The second-order valence-electron chi connectivity index (χ2n) is 6.52. The minimum absolute atomic E-state index is 0.0215. The van der Waals surface area contributed by atoms with Crippen LogP contribution in [0.25, 0.3) is 6.08 Å². The summed E-state index contributed by atoms with van der Waals surface area (Å²) in [6, 6.07) is 8.24. The highest BCUT2D eigenvalue weighted by Gasteiger charge is 2.41. The van der Waals surface area contributed by atoms with Crippen molar-refractivity contribution in [2.75, 3.05) is 0 Å². The quantitative estimate of drug-likeness (QED) is 0.803. The van der Waals surface area contributed by atoms with E-state index in [0.29, 0.717) is 12.0 Å². The molecule has 0 radical (unpaired) electrons. The van der Waals surface area contributed by atoms with Gasteiger partial charge in [0.25, 0.3) is 0 Å². The molecule has 2 aliphatic rings. The number of fused-ring (bicyclic) bond motifs is 2. The number of carbonyl (C=O) groups is 1. The summed E-state index contributed by atoms with van der Waals surface area (Å²) in [4.78, 5) is 12.0. The highest BCUT2D eigenvalue weighted by molar-refractivity contribution is 9.10. The zero-order valence-electron chi connectivity index (χ0n) is 12.4. The molecule has 2 nitrogen and oxygen atoms in total. The van der Waals surface area contributed by atoms with Crippen molar-refractivity contribution in [2.24, 2.45) is 17.8 Å². The maximum absolute atomic E-state index is 12.0. The van der Waals surface area contributed by atoms with E-state index in [9.17, 15) is 4.79 Å². The molecule has 2 fully saturated rings. The predicted molar refractivity (Wildman–Crippen MR) is 89.7 cm³/mol. The second-order valence-corrected chi connectivity index (χ2v) is 7.44. The first kappa shape index (κ1) is 14.8. The third-order valence-electron chi connectivity index (χ3n) is 5.10. The molecule has 3 heteroatoms. The number of benzene rings is 1. The number of hydrogen-bond donors (Lipinski definition) is 1. The summed E-state index contributed by atoms with van der Waals surface area (Å²) in [5.74, 6) is 2.49. The Balaban J connectivity index is 1.53. The van der Waals surface area contributed by atoms with Gasteiger partial charge in [-0.2, -0.15) is 0 Å². The lowest BCUT2D eigenvalue weighted by atomic mass is 9.84. The van der Waals surface area contributed by atoms with Crippen molar-refractivity contribution >= 4 is 27.9 Å². The number of carbonyl (C=O) groups excluding carboxylic acids is 1. The molecule has 3 rings (SSSR count). The number of nitrogens with one attached hydrogen (secondary N) is 1. The van der Waals surface area contributed by atoms with Gasteiger partial charge in [0.2, 0.25) is 5.91 Å². The van der Waals surface area contributed by atoms with Gasteiger partial charge in [0.15, 0.2) is 0 Å². The minimum atomic E-state index is 0.0215. The first-order valence-corrected chi connectivity index (χ1v) is 8.65. The molecule has 0 aliphatic heterocycles. The largest absolute Gasteiger partial charge is 0.350 e. The van der Waals surface area contributed by atoms with Crippen LogP contribution >= 0.6 is 15.9 Å². The van der Waals surface area contributed by atoms with Crippen LogP contribution in [0, 0.1) is 17.8 Å². The summed E-state index contributed by atoms with van der Waals surface area (Å²) in [6.07, 6.45) is 8.99. The number of halogens is 1. The zero-order chi connectivity index (χ0) is 14.8. The van der Waals surface area contributed by atoms with Crippen molar-refractivity contribution < 1.29 is 4.79 Å². The van der Waals surface area contributed by atoms with Gasteiger partial charge < -0.3 is 5.32 Å². The smallest absolute Gasteiger partial charge is 0.244 e. The standard InChI is InChI=1S/C18H22BrNO/c1-12(17-11-14-2-6-15(17)10-14)20-18(21)9-5-13-3-7-16(19)8-4-13/h3-5,7-9,12,14-15,17H,2,6,10-11H2,1H3,(H,20,21)/b9-5+/t12-,14-,15-,17-/m0/s1. The van der Waals surface area contributed by atoms with Crippen LogP contribution in [-0.4, -0.2) is 11.9 Å². The van der Waals surface area contributed by atoms with Crippen LogP contribution in [0.2, 0.25) is 0 Å². The molecular formula is C18H22BrNO. The molecule has 1 N–H and O–H groups in total. The van der Waals surface area contributed by atoms with Gasteiger partial charge in [0, 0.05) is 16.6 Å². The fourth-order valence-electron chi connectivity index (χ4n) is 4.03. The number of hydrogen-bond acceptors (Lipinski definition) is 1. The summed E-state index contributed by atoms with van der Waals surface area (Å²) >= 11 is 3.41. The van der Waals surface area contributed by atoms with E-state index in [1.165, 1.54) is 25.7 Å². The molecule has 0 unspecified atom stereocenters. The van der Waals surface area contributed by atoms with Gasteiger partial charge >= 0.3 is 0 Å². The van der Waals surface area contributed by atoms with E-state index >= 15 is 0 Å². The van der Waals surface area contributed by atoms with Gasteiger partial charge in [-0.3, -0.25) is 4.79 Å². The summed E-state index contributed by atoms with van der Waals surface area (Å²) in [7, 11) is 0. The van der Waals surface area contributed by atoms with Gasteiger partial charge in [0.1, 0.15) is 0 Å². The van der Waals surface area contributed by atoms with Crippen molar-refractivity contribution in [1.29, 1.82) is 0 Å². The number of rotatable bonds is 4. The van der Waals surface area contributed by atoms with Crippen LogP contribution < -0.4 is 5.32 Å². The van der Waals surface area contributed by atoms with Crippen LogP contribution in [0.3, 0.4) is 0 Å². The van der Waals surface area contributed by atoms with E-state index in [1.807, 2.05) is 30.3 Å². The van der Waals surface area contributed by atoms with Crippen LogP contribution in [0.1, 0.15) is 38.2 Å². The highest BCUT2D eigenvalue weighted by Crippen LogP contribution is 2.49. The Kier molecular flexibility index (Phi) is 4.48. The van der Waals surface area contributed by atoms with Crippen molar-refractivity contribution in [1.82, 2.24) is 5.32 Å². The Hall–Kier alpha value is -1.09.